The van der Waals surface area contributed by atoms with Crippen molar-refractivity contribution in [3.63, 3.8) is 0 Å². The molecular formula is C20H20ClN3O. The molecule has 2 aromatic carbocycles. The fraction of sp³-hybridized carbons (Fsp3) is 0.250. The molecule has 4 rings (SSSR count). The van der Waals surface area contributed by atoms with Gasteiger partial charge in [0, 0.05) is 46.6 Å². The summed E-state index contributed by atoms with van der Waals surface area (Å²) < 4.78 is 0. The predicted molar refractivity (Wildman–Crippen MR) is 104 cm³/mol. The third-order valence-electron chi connectivity index (χ3n) is 4.70. The molecule has 2 heterocycles. The lowest BCUT2D eigenvalue weighted by molar-refractivity contribution is -0.115. The number of rotatable bonds is 4. The van der Waals surface area contributed by atoms with Crippen LogP contribution in [-0.4, -0.2) is 24.0 Å². The number of halogens is 1. The standard InChI is InChI=1S/C20H20ClN3O/c21-15-3-8-18-14(13-22-19(18)12-15)11-20(25)23-16-4-6-17(7-5-16)24-9-1-2-10-24/h3-8,12-13,22H,1-2,9-11H2,(H,23,25). The summed E-state index contributed by atoms with van der Waals surface area (Å²) in [6.45, 7) is 2.24. The summed E-state index contributed by atoms with van der Waals surface area (Å²) in [4.78, 5) is 17.9. The van der Waals surface area contributed by atoms with Crippen LogP contribution >= 0.6 is 11.6 Å². The molecule has 1 amide bonds. The molecular weight excluding hydrogens is 334 g/mol. The van der Waals surface area contributed by atoms with E-state index in [2.05, 4.69) is 27.3 Å². The van der Waals surface area contributed by atoms with Gasteiger partial charge in [-0.2, -0.15) is 0 Å². The largest absolute Gasteiger partial charge is 0.372 e. The maximum Gasteiger partial charge on any atom is 0.228 e. The molecule has 4 nitrogen and oxygen atoms in total. The average Bonchev–Trinajstić information content (AvgIpc) is 3.26. The normalized spacial score (nSPS) is 14.2. The van der Waals surface area contributed by atoms with E-state index in [0.717, 1.165) is 35.2 Å². The molecule has 128 valence electrons. The van der Waals surface area contributed by atoms with Crippen LogP contribution in [0.3, 0.4) is 0 Å². The monoisotopic (exact) mass is 353 g/mol. The van der Waals surface area contributed by atoms with Gasteiger partial charge in [0.15, 0.2) is 0 Å². The van der Waals surface area contributed by atoms with E-state index in [9.17, 15) is 4.79 Å². The number of carbonyl (C=O) groups excluding carboxylic acids is 1. The molecule has 1 aromatic heterocycles. The van der Waals surface area contributed by atoms with Gasteiger partial charge in [0.05, 0.1) is 6.42 Å². The van der Waals surface area contributed by atoms with Gasteiger partial charge in [-0.1, -0.05) is 17.7 Å². The Morgan fingerprint density at radius 2 is 1.88 bits per heavy atom. The van der Waals surface area contributed by atoms with Gasteiger partial charge in [0.25, 0.3) is 0 Å². The average molecular weight is 354 g/mol. The lowest BCUT2D eigenvalue weighted by atomic mass is 10.1. The Kier molecular flexibility index (Phi) is 4.36. The minimum absolute atomic E-state index is 0.0234. The summed E-state index contributed by atoms with van der Waals surface area (Å²) in [5, 5.41) is 4.69. The number of fused-ring (bicyclic) bond motifs is 1. The van der Waals surface area contributed by atoms with E-state index in [4.69, 9.17) is 11.6 Å². The van der Waals surface area contributed by atoms with Crippen molar-refractivity contribution in [2.24, 2.45) is 0 Å². The third kappa shape index (κ3) is 3.49. The van der Waals surface area contributed by atoms with E-state index in [0.29, 0.717) is 11.4 Å². The molecule has 25 heavy (non-hydrogen) atoms. The van der Waals surface area contributed by atoms with Gasteiger partial charge in [0.1, 0.15) is 0 Å². The molecule has 0 saturated carbocycles. The summed E-state index contributed by atoms with van der Waals surface area (Å²) in [6, 6.07) is 13.8. The van der Waals surface area contributed by atoms with Crippen LogP contribution in [0.15, 0.2) is 48.7 Å². The van der Waals surface area contributed by atoms with Crippen molar-refractivity contribution in [1.82, 2.24) is 4.98 Å². The Morgan fingerprint density at radius 1 is 1.12 bits per heavy atom. The number of amides is 1. The number of H-pyrrole nitrogens is 1. The first kappa shape index (κ1) is 16.0. The number of hydrogen-bond acceptors (Lipinski definition) is 2. The van der Waals surface area contributed by atoms with E-state index in [1.807, 2.05) is 36.5 Å². The zero-order valence-electron chi connectivity index (χ0n) is 13.9. The maximum atomic E-state index is 12.4. The number of hydrogen-bond donors (Lipinski definition) is 2. The molecule has 1 aliphatic heterocycles. The van der Waals surface area contributed by atoms with E-state index in [1.165, 1.54) is 18.5 Å². The van der Waals surface area contributed by atoms with Crippen LogP contribution in [-0.2, 0) is 11.2 Å². The highest BCUT2D eigenvalue weighted by Gasteiger charge is 2.13. The zero-order chi connectivity index (χ0) is 17.2. The van der Waals surface area contributed by atoms with Crippen molar-refractivity contribution in [2.75, 3.05) is 23.3 Å². The molecule has 1 saturated heterocycles. The molecule has 0 atom stereocenters. The lowest BCUT2D eigenvalue weighted by Gasteiger charge is -2.17. The van der Waals surface area contributed by atoms with Gasteiger partial charge in [0.2, 0.25) is 5.91 Å². The van der Waals surface area contributed by atoms with E-state index in [1.54, 1.807) is 0 Å². The van der Waals surface area contributed by atoms with Crippen molar-refractivity contribution in [3.8, 4) is 0 Å². The second-order valence-electron chi connectivity index (χ2n) is 6.47. The van der Waals surface area contributed by atoms with E-state index in [-0.39, 0.29) is 5.91 Å². The minimum atomic E-state index is -0.0234. The summed E-state index contributed by atoms with van der Waals surface area (Å²) in [7, 11) is 0. The summed E-state index contributed by atoms with van der Waals surface area (Å²) in [6.07, 6.45) is 4.72. The smallest absolute Gasteiger partial charge is 0.228 e. The van der Waals surface area contributed by atoms with Gasteiger partial charge < -0.3 is 15.2 Å². The topological polar surface area (TPSA) is 48.1 Å². The van der Waals surface area contributed by atoms with Gasteiger partial charge in [-0.3, -0.25) is 4.79 Å². The Morgan fingerprint density at radius 3 is 2.64 bits per heavy atom. The molecule has 0 aliphatic carbocycles. The molecule has 0 bridgehead atoms. The fourth-order valence-corrected chi connectivity index (χ4v) is 3.59. The van der Waals surface area contributed by atoms with Crippen LogP contribution in [0, 0.1) is 0 Å². The van der Waals surface area contributed by atoms with E-state index < -0.39 is 0 Å². The quantitative estimate of drug-likeness (QED) is 0.720. The van der Waals surface area contributed by atoms with Gasteiger partial charge in [-0.05, 0) is 54.8 Å². The number of benzene rings is 2. The molecule has 2 N–H and O–H groups in total. The number of carbonyl (C=O) groups is 1. The first-order valence-electron chi connectivity index (χ1n) is 8.59. The molecule has 0 unspecified atom stereocenters. The number of nitrogens with one attached hydrogen (secondary N) is 2. The van der Waals surface area contributed by atoms with Gasteiger partial charge >= 0.3 is 0 Å². The highest BCUT2D eigenvalue weighted by atomic mass is 35.5. The van der Waals surface area contributed by atoms with Crippen LogP contribution in [0.4, 0.5) is 11.4 Å². The minimum Gasteiger partial charge on any atom is -0.372 e. The highest BCUT2D eigenvalue weighted by molar-refractivity contribution is 6.31. The van der Waals surface area contributed by atoms with Crippen LogP contribution in [0.5, 0.6) is 0 Å². The van der Waals surface area contributed by atoms with E-state index >= 15 is 0 Å². The summed E-state index contributed by atoms with van der Waals surface area (Å²) in [5.74, 6) is -0.0234. The van der Waals surface area contributed by atoms with Crippen LogP contribution in [0.2, 0.25) is 5.02 Å². The SMILES string of the molecule is O=C(Cc1c[nH]c2cc(Cl)ccc12)Nc1ccc(N2CCCC2)cc1. The number of anilines is 2. The lowest BCUT2D eigenvalue weighted by Crippen LogP contribution is -2.18. The van der Waals surface area contributed by atoms with Crippen LogP contribution < -0.4 is 10.2 Å². The first-order chi connectivity index (χ1) is 12.2. The summed E-state index contributed by atoms with van der Waals surface area (Å²) >= 11 is 6.00. The Hall–Kier alpha value is -2.46. The maximum absolute atomic E-state index is 12.4. The predicted octanol–water partition coefficient (Wildman–Crippen LogP) is 4.60. The van der Waals surface area contributed by atoms with Gasteiger partial charge in [-0.25, -0.2) is 0 Å². The Balaban J connectivity index is 1.42. The first-order valence-corrected chi connectivity index (χ1v) is 8.97. The highest BCUT2D eigenvalue weighted by Crippen LogP contribution is 2.24. The number of nitrogens with zero attached hydrogens (tertiary/aromatic N) is 1. The van der Waals surface area contributed by atoms with Crippen LogP contribution in [0.25, 0.3) is 10.9 Å². The van der Waals surface area contributed by atoms with Crippen LogP contribution in [0.1, 0.15) is 18.4 Å². The fourth-order valence-electron chi connectivity index (χ4n) is 3.41. The molecule has 1 fully saturated rings. The van der Waals surface area contributed by atoms with Gasteiger partial charge in [-0.15, -0.1) is 0 Å². The number of aromatic amines is 1. The zero-order valence-corrected chi connectivity index (χ0v) is 14.6. The van der Waals surface area contributed by atoms with Crippen molar-refractivity contribution < 1.29 is 4.79 Å². The molecule has 1 aliphatic rings. The number of aromatic nitrogens is 1. The molecule has 3 aromatic rings. The Bertz CT molecular complexity index is 895. The van der Waals surface area contributed by atoms with Crippen molar-refractivity contribution >= 4 is 39.8 Å². The molecule has 0 spiro atoms. The van der Waals surface area contributed by atoms with Crippen molar-refractivity contribution in [1.29, 1.82) is 0 Å². The van der Waals surface area contributed by atoms with Crippen molar-refractivity contribution in [2.45, 2.75) is 19.3 Å². The third-order valence-corrected chi connectivity index (χ3v) is 4.94. The molecule has 5 heteroatoms. The second kappa shape index (κ2) is 6.81. The second-order valence-corrected chi connectivity index (χ2v) is 6.91. The van der Waals surface area contributed by atoms with Crippen molar-refractivity contribution in [3.05, 3.63) is 59.2 Å². The summed E-state index contributed by atoms with van der Waals surface area (Å²) in [5.41, 5.74) is 3.97. The molecule has 0 radical (unpaired) electrons. The Labute approximate surface area is 151 Å².